The van der Waals surface area contributed by atoms with E-state index in [9.17, 15) is 13.2 Å². The molecule has 2 aromatic carbocycles. The van der Waals surface area contributed by atoms with Gasteiger partial charge in [0.1, 0.15) is 17.3 Å². The van der Waals surface area contributed by atoms with Crippen LogP contribution in [0.25, 0.3) is 0 Å². The molecule has 0 saturated heterocycles. The molecule has 0 bridgehead atoms. The van der Waals surface area contributed by atoms with Gasteiger partial charge in [0.15, 0.2) is 0 Å². The summed E-state index contributed by atoms with van der Waals surface area (Å²) in [5, 5.41) is 2.52. The van der Waals surface area contributed by atoms with Crippen LogP contribution >= 0.6 is 0 Å². The largest absolute Gasteiger partial charge is 0.495 e. The minimum atomic E-state index is -3.72. The first-order valence-electron chi connectivity index (χ1n) is 7.43. The number of hydrogen-bond donors (Lipinski definition) is 1. The second-order valence-electron chi connectivity index (χ2n) is 5.34. The van der Waals surface area contributed by atoms with E-state index in [1.165, 1.54) is 39.4 Å². The summed E-state index contributed by atoms with van der Waals surface area (Å²) in [7, 11) is 0.502. The first kappa shape index (κ1) is 18.8. The molecule has 8 heteroatoms. The topological polar surface area (TPSA) is 84.9 Å². The fraction of sp³-hybridized carbons (Fsp3) is 0.235. The molecule has 7 nitrogen and oxygen atoms in total. The third-order valence-corrected chi connectivity index (χ3v) is 5.22. The van der Waals surface area contributed by atoms with Gasteiger partial charge in [0, 0.05) is 19.8 Å². The van der Waals surface area contributed by atoms with Crippen LogP contribution in [-0.4, -0.2) is 40.0 Å². The molecule has 2 rings (SSSR count). The Bertz CT molecular complexity index is 835. The van der Waals surface area contributed by atoms with Crippen molar-refractivity contribution in [2.24, 2.45) is 0 Å². The zero-order valence-electron chi connectivity index (χ0n) is 14.2. The Balaban J connectivity index is 2.13. The van der Waals surface area contributed by atoms with Crippen molar-refractivity contribution in [1.29, 1.82) is 0 Å². The van der Waals surface area contributed by atoms with E-state index in [-0.39, 0.29) is 17.3 Å². The van der Waals surface area contributed by atoms with Crippen LogP contribution in [0.1, 0.15) is 5.56 Å². The van der Waals surface area contributed by atoms with E-state index in [0.29, 0.717) is 5.69 Å². The molecule has 0 heterocycles. The molecule has 0 aromatic heterocycles. The van der Waals surface area contributed by atoms with Gasteiger partial charge in [0.05, 0.1) is 7.11 Å². The second-order valence-corrected chi connectivity index (χ2v) is 7.46. The number of carbonyl (C=O) groups excluding carboxylic acids is 1. The predicted molar refractivity (Wildman–Crippen MR) is 94.1 cm³/mol. The quantitative estimate of drug-likeness (QED) is 0.852. The van der Waals surface area contributed by atoms with Crippen LogP contribution in [0.3, 0.4) is 0 Å². The predicted octanol–water partition coefficient (Wildman–Crippen LogP) is 2.69. The Morgan fingerprint density at radius 2 is 1.80 bits per heavy atom. The standard InChI is InChI=1S/C17H20N2O5S/c1-19(2)25(21,22)16-11-14(9-10-15(16)23-3)18-17(20)24-12-13-7-5-4-6-8-13/h4-11H,12H2,1-3H3,(H,18,20). The van der Waals surface area contributed by atoms with E-state index < -0.39 is 16.1 Å². The van der Waals surface area contributed by atoms with Crippen molar-refractivity contribution in [3.63, 3.8) is 0 Å². The normalized spacial score (nSPS) is 11.2. The number of carbonyl (C=O) groups is 1. The van der Waals surface area contributed by atoms with E-state index in [1.807, 2.05) is 30.3 Å². The monoisotopic (exact) mass is 364 g/mol. The van der Waals surface area contributed by atoms with Crippen LogP contribution in [0.15, 0.2) is 53.4 Å². The van der Waals surface area contributed by atoms with E-state index in [4.69, 9.17) is 9.47 Å². The minimum Gasteiger partial charge on any atom is -0.495 e. The third-order valence-electron chi connectivity index (χ3n) is 3.38. The van der Waals surface area contributed by atoms with Crippen molar-refractivity contribution in [3.05, 3.63) is 54.1 Å². The number of sulfonamides is 1. The van der Waals surface area contributed by atoms with E-state index in [2.05, 4.69) is 5.32 Å². The average molecular weight is 364 g/mol. The van der Waals surface area contributed by atoms with Crippen LogP contribution in [0.2, 0.25) is 0 Å². The molecule has 0 fully saturated rings. The van der Waals surface area contributed by atoms with Gasteiger partial charge >= 0.3 is 6.09 Å². The number of methoxy groups -OCH3 is 1. The van der Waals surface area contributed by atoms with Crippen molar-refractivity contribution >= 4 is 21.8 Å². The molecule has 0 aliphatic heterocycles. The van der Waals surface area contributed by atoms with Gasteiger partial charge in [0.2, 0.25) is 10.0 Å². The van der Waals surface area contributed by atoms with Crippen LogP contribution in [0, 0.1) is 0 Å². The molecule has 0 aliphatic carbocycles. The molecule has 0 aliphatic rings. The summed E-state index contributed by atoms with van der Waals surface area (Å²) in [6.45, 7) is 0.117. The molecule has 0 spiro atoms. The third kappa shape index (κ3) is 4.71. The Morgan fingerprint density at radius 1 is 1.12 bits per heavy atom. The van der Waals surface area contributed by atoms with Crippen LogP contribution < -0.4 is 10.1 Å². The fourth-order valence-corrected chi connectivity index (χ4v) is 3.10. The second kappa shape index (κ2) is 8.00. The van der Waals surface area contributed by atoms with Gasteiger partial charge < -0.3 is 9.47 Å². The fourth-order valence-electron chi connectivity index (χ4n) is 2.03. The summed E-state index contributed by atoms with van der Waals surface area (Å²) < 4.78 is 36.0. The van der Waals surface area contributed by atoms with Crippen LogP contribution in [0.4, 0.5) is 10.5 Å². The first-order chi connectivity index (χ1) is 11.8. The minimum absolute atomic E-state index is 0.0409. The molecule has 0 unspecified atom stereocenters. The van der Waals surface area contributed by atoms with Gasteiger partial charge in [0.25, 0.3) is 0 Å². The molecule has 25 heavy (non-hydrogen) atoms. The Morgan fingerprint density at radius 3 is 2.40 bits per heavy atom. The molecule has 134 valence electrons. The van der Waals surface area contributed by atoms with Gasteiger partial charge in [-0.2, -0.15) is 0 Å². The smallest absolute Gasteiger partial charge is 0.411 e. The molecular weight excluding hydrogens is 344 g/mol. The number of amides is 1. The zero-order chi connectivity index (χ0) is 18.4. The van der Waals surface area contributed by atoms with Crippen molar-refractivity contribution in [2.75, 3.05) is 26.5 Å². The highest BCUT2D eigenvalue weighted by atomic mass is 32.2. The van der Waals surface area contributed by atoms with Crippen LogP contribution in [0.5, 0.6) is 5.75 Å². The Labute approximate surface area is 147 Å². The molecule has 0 saturated carbocycles. The first-order valence-corrected chi connectivity index (χ1v) is 8.87. The molecule has 0 atom stereocenters. The van der Waals surface area contributed by atoms with E-state index in [1.54, 1.807) is 0 Å². The summed E-state index contributed by atoms with van der Waals surface area (Å²) in [5.41, 5.74) is 1.14. The number of nitrogens with zero attached hydrogens (tertiary/aromatic N) is 1. The highest BCUT2D eigenvalue weighted by Gasteiger charge is 2.23. The summed E-state index contributed by atoms with van der Waals surface area (Å²) >= 11 is 0. The maximum absolute atomic E-state index is 12.4. The maximum Gasteiger partial charge on any atom is 0.411 e. The van der Waals surface area contributed by atoms with E-state index in [0.717, 1.165) is 9.87 Å². The molecule has 1 amide bonds. The SMILES string of the molecule is COc1ccc(NC(=O)OCc2ccccc2)cc1S(=O)(=O)N(C)C. The van der Waals surface area contributed by atoms with Crippen molar-refractivity contribution in [1.82, 2.24) is 4.31 Å². The average Bonchev–Trinajstić information content (AvgIpc) is 2.60. The van der Waals surface area contributed by atoms with Crippen molar-refractivity contribution in [3.8, 4) is 5.75 Å². The summed E-state index contributed by atoms with van der Waals surface area (Å²) in [6.07, 6.45) is -0.678. The molecule has 2 aromatic rings. The van der Waals surface area contributed by atoms with Gasteiger partial charge in [-0.1, -0.05) is 30.3 Å². The van der Waals surface area contributed by atoms with Gasteiger partial charge in [-0.25, -0.2) is 17.5 Å². The van der Waals surface area contributed by atoms with E-state index >= 15 is 0 Å². The van der Waals surface area contributed by atoms with Gasteiger partial charge in [-0.3, -0.25) is 5.32 Å². The number of anilines is 1. The molecular formula is C17H20N2O5S. The van der Waals surface area contributed by atoms with Gasteiger partial charge in [-0.15, -0.1) is 0 Å². The van der Waals surface area contributed by atoms with Crippen LogP contribution in [-0.2, 0) is 21.4 Å². The number of benzene rings is 2. The summed E-state index contributed by atoms with van der Waals surface area (Å²) in [4.78, 5) is 11.9. The lowest BCUT2D eigenvalue weighted by atomic mass is 10.2. The summed E-state index contributed by atoms with van der Waals surface area (Å²) in [5.74, 6) is 0.192. The van der Waals surface area contributed by atoms with Gasteiger partial charge in [-0.05, 0) is 23.8 Å². The lowest BCUT2D eigenvalue weighted by Gasteiger charge is -2.16. The molecule has 0 radical (unpaired) electrons. The number of nitrogens with one attached hydrogen (secondary N) is 1. The Hall–Kier alpha value is -2.58. The number of rotatable bonds is 6. The summed E-state index contributed by atoms with van der Waals surface area (Å²) in [6, 6.07) is 13.6. The zero-order valence-corrected chi connectivity index (χ0v) is 15.0. The highest BCUT2D eigenvalue weighted by molar-refractivity contribution is 7.89. The Kier molecular flexibility index (Phi) is 6.00. The molecule has 1 N–H and O–H groups in total. The van der Waals surface area contributed by atoms with Crippen molar-refractivity contribution in [2.45, 2.75) is 11.5 Å². The lowest BCUT2D eigenvalue weighted by molar-refractivity contribution is 0.155. The lowest BCUT2D eigenvalue weighted by Crippen LogP contribution is -2.23. The highest BCUT2D eigenvalue weighted by Crippen LogP contribution is 2.28. The number of hydrogen-bond acceptors (Lipinski definition) is 5. The van der Waals surface area contributed by atoms with Crippen molar-refractivity contribution < 1.29 is 22.7 Å². The number of ether oxygens (including phenoxy) is 2. The maximum atomic E-state index is 12.4.